The summed E-state index contributed by atoms with van der Waals surface area (Å²) >= 11 is 0. The number of likely N-dealkylation sites (N-methyl/N-ethyl adjacent to an activating group) is 1. The van der Waals surface area contributed by atoms with Gasteiger partial charge in [-0.15, -0.1) is 0 Å². The molecule has 3 aromatic rings. The highest BCUT2D eigenvalue weighted by Crippen LogP contribution is 2.18. The Morgan fingerprint density at radius 3 is 2.38 bits per heavy atom. The smallest absolute Gasteiger partial charge is 0.259 e. The molecule has 6 heteroatoms. The van der Waals surface area contributed by atoms with Crippen molar-refractivity contribution in [3.63, 3.8) is 0 Å². The summed E-state index contributed by atoms with van der Waals surface area (Å²) in [6.45, 7) is 0.0463. The van der Waals surface area contributed by atoms with Gasteiger partial charge in [-0.25, -0.2) is 4.39 Å². The molecule has 0 heterocycles. The number of amides is 1. The standard InChI is InChI=1S/C26H24FNO4/c1-28(2)26(30)18-32-23-8-5-7-20(16-23)25(29)15-12-19-10-13-22(14-11-19)31-17-21-6-3-4-9-24(21)27/h3-16H,17-18H2,1-2H3/b15-12+. The Balaban J connectivity index is 1.56. The number of benzene rings is 3. The van der Waals surface area contributed by atoms with Gasteiger partial charge in [0.15, 0.2) is 12.4 Å². The van der Waals surface area contributed by atoms with Gasteiger partial charge in [0.1, 0.15) is 23.9 Å². The van der Waals surface area contributed by atoms with Gasteiger partial charge in [-0.3, -0.25) is 9.59 Å². The van der Waals surface area contributed by atoms with Crippen LogP contribution >= 0.6 is 0 Å². The molecule has 1 amide bonds. The van der Waals surface area contributed by atoms with Crippen LogP contribution in [0.1, 0.15) is 21.5 Å². The fourth-order valence-electron chi connectivity index (χ4n) is 2.73. The molecular formula is C26H24FNO4. The molecular weight excluding hydrogens is 409 g/mol. The molecule has 0 aromatic heterocycles. The van der Waals surface area contributed by atoms with Crippen LogP contribution in [0.15, 0.2) is 78.9 Å². The quantitative estimate of drug-likeness (QED) is 0.360. The highest BCUT2D eigenvalue weighted by molar-refractivity contribution is 6.07. The molecule has 0 bridgehead atoms. The van der Waals surface area contributed by atoms with Crippen molar-refractivity contribution in [2.24, 2.45) is 0 Å². The average molecular weight is 433 g/mol. The highest BCUT2D eigenvalue weighted by atomic mass is 19.1. The molecule has 0 aliphatic rings. The number of nitrogens with zero attached hydrogens (tertiary/aromatic N) is 1. The molecule has 5 nitrogen and oxygen atoms in total. The van der Waals surface area contributed by atoms with E-state index in [-0.39, 0.29) is 30.7 Å². The number of rotatable bonds is 9. The highest BCUT2D eigenvalue weighted by Gasteiger charge is 2.07. The van der Waals surface area contributed by atoms with E-state index < -0.39 is 0 Å². The van der Waals surface area contributed by atoms with E-state index in [1.807, 2.05) is 12.1 Å². The van der Waals surface area contributed by atoms with E-state index in [4.69, 9.17) is 9.47 Å². The monoisotopic (exact) mass is 433 g/mol. The summed E-state index contributed by atoms with van der Waals surface area (Å²) in [7, 11) is 3.30. The predicted molar refractivity (Wildman–Crippen MR) is 121 cm³/mol. The second kappa shape index (κ2) is 10.9. The third kappa shape index (κ3) is 6.54. The molecule has 0 saturated carbocycles. The summed E-state index contributed by atoms with van der Waals surface area (Å²) in [5.41, 5.74) is 1.76. The lowest BCUT2D eigenvalue weighted by Gasteiger charge is -2.11. The molecule has 3 rings (SSSR count). The summed E-state index contributed by atoms with van der Waals surface area (Å²) in [6, 6.07) is 20.3. The lowest BCUT2D eigenvalue weighted by molar-refractivity contribution is -0.130. The summed E-state index contributed by atoms with van der Waals surface area (Å²) in [6.07, 6.45) is 3.17. The molecule has 3 aromatic carbocycles. The second-order valence-electron chi connectivity index (χ2n) is 7.25. The van der Waals surface area contributed by atoms with E-state index in [0.29, 0.717) is 22.6 Å². The van der Waals surface area contributed by atoms with Crippen LogP contribution in [0.5, 0.6) is 11.5 Å². The molecule has 0 radical (unpaired) electrons. The molecule has 0 fully saturated rings. The molecule has 32 heavy (non-hydrogen) atoms. The van der Waals surface area contributed by atoms with Gasteiger partial charge < -0.3 is 14.4 Å². The third-order valence-electron chi connectivity index (χ3n) is 4.64. The summed E-state index contributed by atoms with van der Waals surface area (Å²) in [4.78, 5) is 25.6. The van der Waals surface area contributed by atoms with Crippen LogP contribution in [-0.4, -0.2) is 37.3 Å². The number of hydrogen-bond donors (Lipinski definition) is 0. The number of hydrogen-bond acceptors (Lipinski definition) is 4. The van der Waals surface area contributed by atoms with Gasteiger partial charge in [0, 0.05) is 25.2 Å². The van der Waals surface area contributed by atoms with Crippen LogP contribution in [-0.2, 0) is 11.4 Å². The van der Waals surface area contributed by atoms with Crippen molar-refractivity contribution >= 4 is 17.8 Å². The van der Waals surface area contributed by atoms with Crippen LogP contribution in [0.4, 0.5) is 4.39 Å². The Labute approximate surface area is 186 Å². The van der Waals surface area contributed by atoms with Gasteiger partial charge in [-0.05, 0) is 42.0 Å². The Hall–Kier alpha value is -3.93. The molecule has 0 aliphatic heterocycles. The second-order valence-corrected chi connectivity index (χ2v) is 7.25. The number of carbonyl (C=O) groups is 2. The maximum Gasteiger partial charge on any atom is 0.259 e. The van der Waals surface area contributed by atoms with Crippen LogP contribution < -0.4 is 9.47 Å². The first-order valence-electron chi connectivity index (χ1n) is 10.0. The van der Waals surface area contributed by atoms with Gasteiger partial charge in [0.2, 0.25) is 0 Å². The number of allylic oxidation sites excluding steroid dienone is 1. The number of ether oxygens (including phenoxy) is 2. The van der Waals surface area contributed by atoms with Crippen molar-refractivity contribution in [2.75, 3.05) is 20.7 Å². The van der Waals surface area contributed by atoms with Crippen molar-refractivity contribution in [2.45, 2.75) is 6.61 Å². The topological polar surface area (TPSA) is 55.8 Å². The molecule has 0 unspecified atom stereocenters. The Kier molecular flexibility index (Phi) is 7.75. The van der Waals surface area contributed by atoms with E-state index in [1.54, 1.807) is 74.8 Å². The van der Waals surface area contributed by atoms with Crippen molar-refractivity contribution in [1.82, 2.24) is 4.90 Å². The minimum absolute atomic E-state index is 0.0915. The average Bonchev–Trinajstić information content (AvgIpc) is 2.81. The fourth-order valence-corrected chi connectivity index (χ4v) is 2.73. The first-order valence-corrected chi connectivity index (χ1v) is 10.0. The zero-order valence-corrected chi connectivity index (χ0v) is 18.0. The van der Waals surface area contributed by atoms with Crippen molar-refractivity contribution in [3.8, 4) is 11.5 Å². The van der Waals surface area contributed by atoms with Gasteiger partial charge in [-0.2, -0.15) is 0 Å². The van der Waals surface area contributed by atoms with Gasteiger partial charge >= 0.3 is 0 Å². The van der Waals surface area contributed by atoms with E-state index in [9.17, 15) is 14.0 Å². The SMILES string of the molecule is CN(C)C(=O)COc1cccc(C(=O)/C=C/c2ccc(OCc3ccccc3F)cc2)c1. The maximum atomic E-state index is 13.7. The minimum Gasteiger partial charge on any atom is -0.489 e. The Bertz CT molecular complexity index is 1110. The number of ketones is 1. The van der Waals surface area contributed by atoms with E-state index in [1.165, 1.54) is 17.0 Å². The van der Waals surface area contributed by atoms with Crippen LogP contribution in [0.2, 0.25) is 0 Å². The zero-order chi connectivity index (χ0) is 22.9. The van der Waals surface area contributed by atoms with E-state index in [2.05, 4.69) is 0 Å². The van der Waals surface area contributed by atoms with E-state index >= 15 is 0 Å². The minimum atomic E-state index is -0.302. The summed E-state index contributed by atoms with van der Waals surface area (Å²) < 4.78 is 24.7. The molecule has 0 aliphatic carbocycles. The first-order chi connectivity index (χ1) is 15.4. The lowest BCUT2D eigenvalue weighted by atomic mass is 10.1. The van der Waals surface area contributed by atoms with Crippen LogP contribution in [0.3, 0.4) is 0 Å². The number of carbonyl (C=O) groups excluding carboxylic acids is 2. The Morgan fingerprint density at radius 1 is 0.906 bits per heavy atom. The molecule has 0 N–H and O–H groups in total. The first kappa shape index (κ1) is 22.7. The van der Waals surface area contributed by atoms with Crippen molar-refractivity contribution in [3.05, 3.63) is 101 Å². The molecule has 164 valence electrons. The van der Waals surface area contributed by atoms with E-state index in [0.717, 1.165) is 5.56 Å². The largest absolute Gasteiger partial charge is 0.489 e. The van der Waals surface area contributed by atoms with Gasteiger partial charge in [-0.1, -0.05) is 48.5 Å². The predicted octanol–water partition coefficient (Wildman–Crippen LogP) is 4.77. The number of halogens is 1. The summed E-state index contributed by atoms with van der Waals surface area (Å²) in [5, 5.41) is 0. The fraction of sp³-hybridized carbons (Fsp3) is 0.154. The van der Waals surface area contributed by atoms with Crippen LogP contribution in [0.25, 0.3) is 6.08 Å². The maximum absolute atomic E-state index is 13.7. The normalized spacial score (nSPS) is 10.7. The van der Waals surface area contributed by atoms with Crippen molar-refractivity contribution < 1.29 is 23.5 Å². The van der Waals surface area contributed by atoms with Gasteiger partial charge in [0.25, 0.3) is 5.91 Å². The molecule has 0 saturated heterocycles. The molecule has 0 atom stereocenters. The Morgan fingerprint density at radius 2 is 1.66 bits per heavy atom. The lowest BCUT2D eigenvalue weighted by Crippen LogP contribution is -2.27. The van der Waals surface area contributed by atoms with Crippen molar-refractivity contribution in [1.29, 1.82) is 0 Å². The van der Waals surface area contributed by atoms with Crippen LogP contribution in [0, 0.1) is 5.82 Å². The third-order valence-corrected chi connectivity index (χ3v) is 4.64. The van der Waals surface area contributed by atoms with Gasteiger partial charge in [0.05, 0.1) is 0 Å². The summed E-state index contributed by atoms with van der Waals surface area (Å²) in [5.74, 6) is 0.409. The zero-order valence-electron chi connectivity index (χ0n) is 18.0. The molecule has 0 spiro atoms.